The maximum Gasteiger partial charge on any atom is 0.358 e. The molecule has 4 rings (SSSR count). The summed E-state index contributed by atoms with van der Waals surface area (Å²) in [6, 6.07) is 8.47. The lowest BCUT2D eigenvalue weighted by Gasteiger charge is -2.44. The normalized spacial score (nSPS) is 20.5. The molecule has 1 aromatic heterocycles. The number of esters is 1. The molecule has 0 radical (unpaired) electrons. The number of benzene rings is 1. The summed E-state index contributed by atoms with van der Waals surface area (Å²) in [5.74, 6) is 0.194. The zero-order valence-electron chi connectivity index (χ0n) is 19.4. The van der Waals surface area contributed by atoms with Crippen molar-refractivity contribution in [3.05, 3.63) is 44.7 Å². The molecule has 1 spiro atoms. The Hall–Kier alpha value is -1.79. The largest absolute Gasteiger partial charge is 0.464 e. The van der Waals surface area contributed by atoms with Gasteiger partial charge in [-0.1, -0.05) is 24.3 Å². The van der Waals surface area contributed by atoms with E-state index in [1.807, 2.05) is 43.4 Å². The van der Waals surface area contributed by atoms with Gasteiger partial charge in [-0.15, -0.1) is 0 Å². The van der Waals surface area contributed by atoms with Crippen molar-refractivity contribution >= 4 is 51.3 Å². The Labute approximate surface area is 210 Å². The van der Waals surface area contributed by atoms with Crippen LogP contribution >= 0.6 is 22.6 Å². The van der Waals surface area contributed by atoms with Crippen LogP contribution in [0.5, 0.6) is 0 Å². The van der Waals surface area contributed by atoms with E-state index in [9.17, 15) is 9.00 Å². The lowest BCUT2D eigenvalue weighted by atomic mass is 9.73. The average Bonchev–Trinajstić information content (AvgIpc) is 3.07. The molecule has 33 heavy (non-hydrogen) atoms. The standard InChI is InChI=1S/C23H30IN5O3S/c1-22(2,3)33(31)28-18-15-8-6-5-7-14(15)13-23(18)9-11-29(12-10-23)21-26-17(20(30)32-4)16(24)19(25)27-21/h5-8,18,28H,9-13H2,1-4H3,(H2,25,26,27)/t18-,33?/m1/s1. The highest BCUT2D eigenvalue weighted by molar-refractivity contribution is 14.1. The van der Waals surface area contributed by atoms with E-state index in [0.29, 0.717) is 9.52 Å². The van der Waals surface area contributed by atoms with Crippen molar-refractivity contribution in [1.29, 1.82) is 0 Å². The minimum absolute atomic E-state index is 0.0178. The first-order valence-corrected chi connectivity index (χ1v) is 13.2. The number of fused-ring (bicyclic) bond motifs is 1. The molecule has 2 aliphatic rings. The number of carbonyl (C=O) groups is 1. The number of hydrogen-bond donors (Lipinski definition) is 2. The molecule has 1 fully saturated rings. The number of aromatic nitrogens is 2. The van der Waals surface area contributed by atoms with E-state index in [2.05, 4.69) is 43.9 Å². The molecular weight excluding hydrogens is 553 g/mol. The monoisotopic (exact) mass is 583 g/mol. The van der Waals surface area contributed by atoms with Crippen molar-refractivity contribution in [1.82, 2.24) is 14.7 Å². The smallest absolute Gasteiger partial charge is 0.358 e. The van der Waals surface area contributed by atoms with E-state index in [0.717, 1.165) is 32.4 Å². The van der Waals surface area contributed by atoms with Crippen LogP contribution in [0.4, 0.5) is 11.8 Å². The Morgan fingerprint density at radius 1 is 1.27 bits per heavy atom. The van der Waals surface area contributed by atoms with Gasteiger partial charge in [0.05, 0.1) is 32.5 Å². The van der Waals surface area contributed by atoms with Crippen molar-refractivity contribution in [3.63, 3.8) is 0 Å². The van der Waals surface area contributed by atoms with Gasteiger partial charge >= 0.3 is 5.97 Å². The van der Waals surface area contributed by atoms with Gasteiger partial charge in [0.25, 0.3) is 0 Å². The summed E-state index contributed by atoms with van der Waals surface area (Å²) in [5.41, 5.74) is 8.78. The fourth-order valence-electron chi connectivity index (χ4n) is 4.70. The number of ether oxygens (including phenoxy) is 1. The minimum Gasteiger partial charge on any atom is -0.464 e. The number of piperidine rings is 1. The molecule has 8 nitrogen and oxygen atoms in total. The van der Waals surface area contributed by atoms with Crippen molar-refractivity contribution in [2.45, 2.75) is 50.8 Å². The molecule has 1 aromatic carbocycles. The molecule has 1 aliphatic carbocycles. The molecule has 178 valence electrons. The molecule has 0 saturated carbocycles. The molecule has 1 saturated heterocycles. The highest BCUT2D eigenvalue weighted by Crippen LogP contribution is 2.52. The zero-order chi connectivity index (χ0) is 24.0. The van der Waals surface area contributed by atoms with Gasteiger partial charge in [0, 0.05) is 13.1 Å². The average molecular weight is 583 g/mol. The lowest BCUT2D eigenvalue weighted by molar-refractivity contribution is 0.0592. The van der Waals surface area contributed by atoms with E-state index in [1.54, 1.807) is 0 Å². The third-order valence-electron chi connectivity index (χ3n) is 6.59. The summed E-state index contributed by atoms with van der Waals surface area (Å²) in [6.07, 6.45) is 2.70. The molecule has 3 N–H and O–H groups in total. The van der Waals surface area contributed by atoms with Crippen LogP contribution in [0, 0.1) is 8.99 Å². The number of carbonyl (C=O) groups excluding carboxylic acids is 1. The Morgan fingerprint density at radius 3 is 2.58 bits per heavy atom. The topological polar surface area (TPSA) is 110 Å². The fraction of sp³-hybridized carbons (Fsp3) is 0.522. The molecule has 2 atom stereocenters. The second-order valence-corrected chi connectivity index (χ2v) is 12.8. The van der Waals surface area contributed by atoms with Crippen molar-refractivity contribution in [3.8, 4) is 0 Å². The summed E-state index contributed by atoms with van der Waals surface area (Å²) in [5, 5.41) is 0. The molecule has 2 aromatic rings. The molecule has 1 unspecified atom stereocenters. The highest BCUT2D eigenvalue weighted by Gasteiger charge is 2.49. The lowest BCUT2D eigenvalue weighted by Crippen LogP contribution is -2.48. The summed E-state index contributed by atoms with van der Waals surface area (Å²) < 4.78 is 21.5. The van der Waals surface area contributed by atoms with Crippen LogP contribution in [-0.2, 0) is 22.1 Å². The first-order valence-electron chi connectivity index (χ1n) is 11.0. The number of anilines is 2. The van der Waals surface area contributed by atoms with E-state index < -0.39 is 17.0 Å². The number of halogens is 1. The predicted molar refractivity (Wildman–Crippen MR) is 138 cm³/mol. The molecule has 1 aliphatic heterocycles. The van der Waals surface area contributed by atoms with E-state index in [-0.39, 0.29) is 27.7 Å². The van der Waals surface area contributed by atoms with Crippen LogP contribution in [0.1, 0.15) is 61.3 Å². The van der Waals surface area contributed by atoms with Gasteiger partial charge in [-0.25, -0.2) is 18.7 Å². The van der Waals surface area contributed by atoms with Crippen molar-refractivity contribution < 1.29 is 13.7 Å². The summed E-state index contributed by atoms with van der Waals surface area (Å²) in [6.45, 7) is 7.40. The van der Waals surface area contributed by atoms with Gasteiger partial charge in [0.1, 0.15) is 5.82 Å². The molecule has 10 heteroatoms. The van der Waals surface area contributed by atoms with Crippen molar-refractivity contribution in [2.24, 2.45) is 5.41 Å². The van der Waals surface area contributed by atoms with Gasteiger partial charge < -0.3 is 15.4 Å². The van der Waals surface area contributed by atoms with Gasteiger partial charge in [0.2, 0.25) is 5.95 Å². The van der Waals surface area contributed by atoms with Crippen LogP contribution < -0.4 is 15.4 Å². The van der Waals surface area contributed by atoms with Crippen LogP contribution in [0.3, 0.4) is 0 Å². The second-order valence-electron chi connectivity index (χ2n) is 9.72. The Bertz CT molecular complexity index is 1100. The number of nitrogens with zero attached hydrogens (tertiary/aromatic N) is 3. The molecular formula is C23H30IN5O3S. The number of nitrogens with two attached hydrogens (primary N) is 1. The molecule has 0 amide bonds. The maximum absolute atomic E-state index is 13.1. The number of hydrogen-bond acceptors (Lipinski definition) is 7. The summed E-state index contributed by atoms with van der Waals surface area (Å²) in [7, 11) is 0.148. The quantitative estimate of drug-likeness (QED) is 0.420. The van der Waals surface area contributed by atoms with Gasteiger partial charge in [-0.2, -0.15) is 4.98 Å². The van der Waals surface area contributed by atoms with Gasteiger partial charge in [-0.05, 0) is 79.2 Å². The van der Waals surface area contributed by atoms with E-state index in [1.165, 1.54) is 18.2 Å². The second kappa shape index (κ2) is 9.10. The van der Waals surface area contributed by atoms with Crippen LogP contribution in [0.2, 0.25) is 0 Å². The highest BCUT2D eigenvalue weighted by atomic mass is 127. The Kier molecular flexibility index (Phi) is 6.71. The first kappa shape index (κ1) is 24.3. The number of nitrogens with one attached hydrogen (secondary N) is 1. The van der Waals surface area contributed by atoms with Crippen LogP contribution in [0.15, 0.2) is 24.3 Å². The fourth-order valence-corrected chi connectivity index (χ4v) is 6.11. The summed E-state index contributed by atoms with van der Waals surface area (Å²) in [4.78, 5) is 23.1. The summed E-state index contributed by atoms with van der Waals surface area (Å²) >= 11 is 1.97. The number of rotatable bonds is 4. The van der Waals surface area contributed by atoms with E-state index in [4.69, 9.17) is 10.5 Å². The SMILES string of the molecule is COC(=O)c1nc(N2CCC3(CC2)Cc2ccccc2[C@H]3NS(=O)C(C)(C)C)nc(N)c1I. The number of methoxy groups -OCH3 is 1. The Morgan fingerprint density at radius 2 is 1.94 bits per heavy atom. The molecule has 0 bridgehead atoms. The van der Waals surface area contributed by atoms with Crippen LogP contribution in [0.25, 0.3) is 0 Å². The minimum atomic E-state index is -1.18. The van der Waals surface area contributed by atoms with Gasteiger partial charge in [-0.3, -0.25) is 0 Å². The predicted octanol–water partition coefficient (Wildman–Crippen LogP) is 3.39. The third kappa shape index (κ3) is 4.61. The van der Waals surface area contributed by atoms with E-state index >= 15 is 0 Å². The van der Waals surface area contributed by atoms with Crippen molar-refractivity contribution in [2.75, 3.05) is 30.8 Å². The zero-order valence-corrected chi connectivity index (χ0v) is 22.3. The van der Waals surface area contributed by atoms with Gasteiger partial charge in [0.15, 0.2) is 5.69 Å². The Balaban J connectivity index is 1.60. The third-order valence-corrected chi connectivity index (χ3v) is 9.21. The first-order chi connectivity index (χ1) is 15.6. The van der Waals surface area contributed by atoms with Crippen LogP contribution in [-0.4, -0.2) is 45.1 Å². The maximum atomic E-state index is 13.1. The number of nitrogen functional groups attached to an aromatic ring is 1. The molecule has 2 heterocycles.